The minimum absolute atomic E-state index is 0.531. The molecule has 7 heteroatoms. The minimum atomic E-state index is 0.531. The van der Waals surface area contributed by atoms with Crippen molar-refractivity contribution in [3.05, 3.63) is 65.9 Å². The average Bonchev–Trinajstić information content (AvgIpc) is 3.26. The van der Waals surface area contributed by atoms with Crippen LogP contribution >= 0.6 is 0 Å². The zero-order valence-electron chi connectivity index (χ0n) is 16.1. The number of nitriles is 1. The van der Waals surface area contributed by atoms with E-state index < -0.39 is 0 Å². The van der Waals surface area contributed by atoms with Crippen molar-refractivity contribution in [3.63, 3.8) is 0 Å². The molecule has 0 radical (unpaired) electrons. The predicted octanol–water partition coefficient (Wildman–Crippen LogP) is 2.05. The van der Waals surface area contributed by atoms with Gasteiger partial charge in [-0.3, -0.25) is 4.90 Å². The summed E-state index contributed by atoms with van der Waals surface area (Å²) in [5.41, 5.74) is 8.88. The SMILES string of the molecule is Cn1ccnc1Cn1c(C#N)cc(N)c1N1CCN(Cc2ccccc2)CC1. The molecule has 7 nitrogen and oxygen atoms in total. The first kappa shape index (κ1) is 18.1. The molecule has 0 atom stereocenters. The molecule has 3 heterocycles. The topological polar surface area (TPSA) is 79.0 Å². The molecular weight excluding hydrogens is 350 g/mol. The molecule has 1 aliphatic rings. The van der Waals surface area contributed by atoms with Gasteiger partial charge in [-0.05, 0) is 11.6 Å². The van der Waals surface area contributed by atoms with Gasteiger partial charge in [0, 0.05) is 52.2 Å². The summed E-state index contributed by atoms with van der Waals surface area (Å²) in [5.74, 6) is 1.83. The maximum Gasteiger partial charge on any atom is 0.133 e. The van der Waals surface area contributed by atoms with Gasteiger partial charge in [0.25, 0.3) is 0 Å². The number of hydrogen-bond donors (Lipinski definition) is 1. The van der Waals surface area contributed by atoms with Crippen LogP contribution in [0.1, 0.15) is 17.1 Å². The van der Waals surface area contributed by atoms with Crippen LogP contribution in [0.2, 0.25) is 0 Å². The predicted molar refractivity (Wildman–Crippen MR) is 110 cm³/mol. The summed E-state index contributed by atoms with van der Waals surface area (Å²) in [5, 5.41) is 9.58. The van der Waals surface area contributed by atoms with Gasteiger partial charge in [-0.2, -0.15) is 5.26 Å². The highest BCUT2D eigenvalue weighted by molar-refractivity contribution is 5.68. The molecule has 1 saturated heterocycles. The van der Waals surface area contributed by atoms with Crippen molar-refractivity contribution < 1.29 is 0 Å². The number of aromatic nitrogens is 3. The Bertz CT molecular complexity index is 972. The van der Waals surface area contributed by atoms with Crippen LogP contribution in [0.4, 0.5) is 11.5 Å². The Labute approximate surface area is 165 Å². The molecule has 0 bridgehead atoms. The van der Waals surface area contributed by atoms with Crippen molar-refractivity contribution in [1.82, 2.24) is 19.0 Å². The minimum Gasteiger partial charge on any atom is -0.396 e. The smallest absolute Gasteiger partial charge is 0.133 e. The highest BCUT2D eigenvalue weighted by Gasteiger charge is 2.24. The average molecular weight is 375 g/mol. The number of benzene rings is 1. The second kappa shape index (κ2) is 7.79. The maximum absolute atomic E-state index is 9.58. The fraction of sp³-hybridized carbons (Fsp3) is 0.333. The van der Waals surface area contributed by atoms with E-state index in [0.717, 1.165) is 44.4 Å². The summed E-state index contributed by atoms with van der Waals surface area (Å²) < 4.78 is 3.96. The van der Waals surface area contributed by atoms with E-state index in [1.165, 1.54) is 5.56 Å². The van der Waals surface area contributed by atoms with Crippen molar-refractivity contribution in [3.8, 4) is 6.07 Å². The van der Waals surface area contributed by atoms with E-state index in [0.29, 0.717) is 17.9 Å². The van der Waals surface area contributed by atoms with Crippen molar-refractivity contribution >= 4 is 11.5 Å². The molecule has 0 unspecified atom stereocenters. The maximum atomic E-state index is 9.58. The van der Waals surface area contributed by atoms with Crippen LogP contribution in [0.5, 0.6) is 0 Å². The number of aryl methyl sites for hydroxylation is 1. The highest BCUT2D eigenvalue weighted by Crippen LogP contribution is 2.29. The van der Waals surface area contributed by atoms with Crippen LogP contribution in [0.3, 0.4) is 0 Å². The number of nitrogen functional groups attached to an aromatic ring is 1. The van der Waals surface area contributed by atoms with Gasteiger partial charge in [0.15, 0.2) is 0 Å². The van der Waals surface area contributed by atoms with E-state index >= 15 is 0 Å². The van der Waals surface area contributed by atoms with Gasteiger partial charge in [0.1, 0.15) is 23.4 Å². The number of nitrogens with zero attached hydrogens (tertiary/aromatic N) is 6. The second-order valence-electron chi connectivity index (χ2n) is 7.21. The third-order valence-corrected chi connectivity index (χ3v) is 5.35. The van der Waals surface area contributed by atoms with Gasteiger partial charge in [0.05, 0.1) is 12.2 Å². The largest absolute Gasteiger partial charge is 0.396 e. The van der Waals surface area contributed by atoms with E-state index in [4.69, 9.17) is 5.73 Å². The lowest BCUT2D eigenvalue weighted by Gasteiger charge is -2.36. The number of piperazine rings is 1. The van der Waals surface area contributed by atoms with Gasteiger partial charge in [-0.15, -0.1) is 0 Å². The quantitative estimate of drug-likeness (QED) is 0.738. The molecule has 0 aliphatic carbocycles. The first-order chi connectivity index (χ1) is 13.7. The molecule has 4 rings (SSSR count). The molecule has 2 aromatic heterocycles. The van der Waals surface area contributed by atoms with Crippen LogP contribution in [-0.4, -0.2) is 45.2 Å². The van der Waals surface area contributed by atoms with E-state index in [2.05, 4.69) is 45.1 Å². The van der Waals surface area contributed by atoms with Gasteiger partial charge in [-0.25, -0.2) is 4.98 Å². The Morgan fingerprint density at radius 2 is 1.86 bits per heavy atom. The molecule has 28 heavy (non-hydrogen) atoms. The Kier molecular flexibility index (Phi) is 5.04. The summed E-state index contributed by atoms with van der Waals surface area (Å²) in [6, 6.07) is 14.6. The van der Waals surface area contributed by atoms with Crippen LogP contribution in [-0.2, 0) is 20.1 Å². The van der Waals surface area contributed by atoms with E-state index in [-0.39, 0.29) is 0 Å². The summed E-state index contributed by atoms with van der Waals surface area (Å²) in [7, 11) is 1.96. The van der Waals surface area contributed by atoms with E-state index in [1.807, 2.05) is 28.4 Å². The molecule has 0 spiro atoms. The van der Waals surface area contributed by atoms with Crippen molar-refractivity contribution in [2.24, 2.45) is 7.05 Å². The molecule has 1 aromatic carbocycles. The standard InChI is InChI=1S/C21H25N7/c1-25-8-7-24-20(25)16-28-18(14-22)13-19(23)21(28)27-11-9-26(10-12-27)15-17-5-3-2-4-6-17/h2-8,13H,9-12,15-16,23H2,1H3. The van der Waals surface area contributed by atoms with Crippen LogP contribution < -0.4 is 10.6 Å². The lowest BCUT2D eigenvalue weighted by molar-refractivity contribution is 0.249. The molecule has 0 amide bonds. The Balaban J connectivity index is 1.51. The fourth-order valence-corrected chi connectivity index (χ4v) is 3.82. The van der Waals surface area contributed by atoms with Gasteiger partial charge in [0.2, 0.25) is 0 Å². The first-order valence-electron chi connectivity index (χ1n) is 9.52. The Morgan fingerprint density at radius 1 is 1.11 bits per heavy atom. The number of imidazole rings is 1. The normalized spacial score (nSPS) is 14.9. The Hall–Kier alpha value is -3.24. The summed E-state index contributed by atoms with van der Waals surface area (Å²) >= 11 is 0. The fourth-order valence-electron chi connectivity index (χ4n) is 3.82. The molecule has 1 aliphatic heterocycles. The number of anilines is 2. The number of rotatable bonds is 5. The third kappa shape index (κ3) is 3.59. The zero-order valence-corrected chi connectivity index (χ0v) is 16.1. The highest BCUT2D eigenvalue weighted by atomic mass is 15.3. The first-order valence-corrected chi connectivity index (χ1v) is 9.52. The molecule has 1 fully saturated rings. The van der Waals surface area contributed by atoms with Crippen molar-refractivity contribution in [1.29, 1.82) is 5.26 Å². The van der Waals surface area contributed by atoms with Gasteiger partial charge < -0.3 is 19.8 Å². The van der Waals surface area contributed by atoms with E-state index in [9.17, 15) is 5.26 Å². The van der Waals surface area contributed by atoms with E-state index in [1.54, 1.807) is 12.3 Å². The summed E-state index contributed by atoms with van der Waals surface area (Å²) in [6.45, 7) is 5.18. The third-order valence-electron chi connectivity index (χ3n) is 5.35. The van der Waals surface area contributed by atoms with Crippen LogP contribution in [0.15, 0.2) is 48.8 Å². The number of hydrogen-bond acceptors (Lipinski definition) is 5. The Morgan fingerprint density at radius 3 is 2.50 bits per heavy atom. The van der Waals surface area contributed by atoms with Crippen molar-refractivity contribution in [2.75, 3.05) is 36.8 Å². The van der Waals surface area contributed by atoms with Crippen molar-refractivity contribution in [2.45, 2.75) is 13.1 Å². The van der Waals surface area contributed by atoms with Gasteiger partial charge in [-0.1, -0.05) is 30.3 Å². The number of nitrogens with two attached hydrogens (primary N) is 1. The lowest BCUT2D eigenvalue weighted by atomic mass is 10.2. The molecule has 3 aromatic rings. The molecule has 0 saturated carbocycles. The van der Waals surface area contributed by atoms with Crippen LogP contribution in [0.25, 0.3) is 0 Å². The monoisotopic (exact) mass is 375 g/mol. The molecular formula is C21H25N7. The zero-order chi connectivity index (χ0) is 19.5. The summed E-state index contributed by atoms with van der Waals surface area (Å²) in [4.78, 5) is 9.16. The second-order valence-corrected chi connectivity index (χ2v) is 7.21. The molecule has 2 N–H and O–H groups in total. The summed E-state index contributed by atoms with van der Waals surface area (Å²) in [6.07, 6.45) is 3.69. The lowest BCUT2D eigenvalue weighted by Crippen LogP contribution is -2.46. The molecule has 144 valence electrons. The van der Waals surface area contributed by atoms with Crippen LogP contribution in [0, 0.1) is 11.3 Å². The van der Waals surface area contributed by atoms with Gasteiger partial charge >= 0.3 is 0 Å².